The third-order valence-electron chi connectivity index (χ3n) is 3.51. The summed E-state index contributed by atoms with van der Waals surface area (Å²) in [7, 11) is 0. The highest BCUT2D eigenvalue weighted by Crippen LogP contribution is 2.40. The van der Waals surface area contributed by atoms with Crippen molar-refractivity contribution in [2.45, 2.75) is 17.0 Å². The van der Waals surface area contributed by atoms with Crippen molar-refractivity contribution in [3.63, 3.8) is 0 Å². The summed E-state index contributed by atoms with van der Waals surface area (Å²) in [6, 6.07) is 12.5. The van der Waals surface area contributed by atoms with Gasteiger partial charge >= 0.3 is 6.18 Å². The SMILES string of the molecule is O=C(Nc1ccccc1C(F)(F)F)C1CSc2ccccc21. The number of fused-ring (bicyclic) bond motifs is 1. The second-order valence-electron chi connectivity index (χ2n) is 4.93. The number of rotatable bonds is 2. The van der Waals surface area contributed by atoms with Gasteiger partial charge in [0.15, 0.2) is 0 Å². The van der Waals surface area contributed by atoms with Crippen LogP contribution in [0.2, 0.25) is 0 Å². The lowest BCUT2D eigenvalue weighted by Gasteiger charge is -2.16. The second-order valence-corrected chi connectivity index (χ2v) is 6.00. The van der Waals surface area contributed by atoms with Gasteiger partial charge in [-0.2, -0.15) is 13.2 Å². The average molecular weight is 323 g/mol. The molecule has 22 heavy (non-hydrogen) atoms. The van der Waals surface area contributed by atoms with Crippen LogP contribution in [0, 0.1) is 0 Å². The van der Waals surface area contributed by atoms with E-state index in [0.717, 1.165) is 16.5 Å². The Balaban J connectivity index is 1.85. The van der Waals surface area contributed by atoms with Crippen molar-refractivity contribution in [3.05, 3.63) is 59.7 Å². The molecular formula is C16H12F3NOS. The summed E-state index contributed by atoms with van der Waals surface area (Å²) >= 11 is 1.54. The van der Waals surface area contributed by atoms with E-state index in [1.54, 1.807) is 11.8 Å². The molecule has 1 aliphatic heterocycles. The molecule has 1 unspecified atom stereocenters. The zero-order chi connectivity index (χ0) is 15.7. The number of nitrogens with one attached hydrogen (secondary N) is 1. The molecule has 1 amide bonds. The van der Waals surface area contributed by atoms with Gasteiger partial charge in [0, 0.05) is 10.6 Å². The molecule has 2 aromatic carbocycles. The van der Waals surface area contributed by atoms with Crippen molar-refractivity contribution < 1.29 is 18.0 Å². The number of hydrogen-bond donors (Lipinski definition) is 1. The van der Waals surface area contributed by atoms with E-state index >= 15 is 0 Å². The molecule has 0 bridgehead atoms. The third kappa shape index (κ3) is 2.83. The van der Waals surface area contributed by atoms with Crippen molar-refractivity contribution in [3.8, 4) is 0 Å². The van der Waals surface area contributed by atoms with Crippen molar-refractivity contribution in [1.29, 1.82) is 0 Å². The van der Waals surface area contributed by atoms with Crippen molar-refractivity contribution in [2.75, 3.05) is 11.1 Å². The molecule has 0 aromatic heterocycles. The van der Waals surface area contributed by atoms with Crippen LogP contribution < -0.4 is 5.32 Å². The smallest absolute Gasteiger partial charge is 0.325 e. The van der Waals surface area contributed by atoms with Crippen molar-refractivity contribution >= 4 is 23.4 Å². The number of anilines is 1. The van der Waals surface area contributed by atoms with Crippen LogP contribution in [0.25, 0.3) is 0 Å². The van der Waals surface area contributed by atoms with E-state index in [-0.39, 0.29) is 5.69 Å². The Hall–Kier alpha value is -1.95. The Morgan fingerprint density at radius 2 is 1.77 bits per heavy atom. The second kappa shape index (κ2) is 5.68. The number of hydrogen-bond acceptors (Lipinski definition) is 2. The Labute approximate surface area is 129 Å². The summed E-state index contributed by atoms with van der Waals surface area (Å²) in [5.41, 5.74) is -0.161. The van der Waals surface area contributed by atoms with Gasteiger partial charge in [-0.1, -0.05) is 30.3 Å². The lowest BCUT2D eigenvalue weighted by Crippen LogP contribution is -2.23. The molecule has 2 aromatic rings. The fraction of sp³-hybridized carbons (Fsp3) is 0.188. The highest BCUT2D eigenvalue weighted by atomic mass is 32.2. The quantitative estimate of drug-likeness (QED) is 0.879. The topological polar surface area (TPSA) is 29.1 Å². The van der Waals surface area contributed by atoms with Crippen LogP contribution >= 0.6 is 11.8 Å². The molecule has 1 N–H and O–H groups in total. The maximum Gasteiger partial charge on any atom is 0.418 e. The van der Waals surface area contributed by atoms with Gasteiger partial charge < -0.3 is 5.32 Å². The van der Waals surface area contributed by atoms with E-state index in [4.69, 9.17) is 0 Å². The normalized spacial score (nSPS) is 17.1. The molecule has 0 aliphatic carbocycles. The lowest BCUT2D eigenvalue weighted by molar-refractivity contribution is -0.137. The fourth-order valence-electron chi connectivity index (χ4n) is 2.44. The Morgan fingerprint density at radius 1 is 1.09 bits per heavy atom. The predicted molar refractivity (Wildman–Crippen MR) is 80.0 cm³/mol. The van der Waals surface area contributed by atoms with Crippen LogP contribution in [-0.4, -0.2) is 11.7 Å². The molecule has 6 heteroatoms. The summed E-state index contributed by atoms with van der Waals surface area (Å²) < 4.78 is 38.9. The van der Waals surface area contributed by atoms with Gasteiger partial charge in [0.25, 0.3) is 0 Å². The predicted octanol–water partition coefficient (Wildman–Crippen LogP) is 4.53. The average Bonchev–Trinajstić information content (AvgIpc) is 2.90. The minimum atomic E-state index is -4.49. The van der Waals surface area contributed by atoms with Gasteiger partial charge in [0.1, 0.15) is 0 Å². The van der Waals surface area contributed by atoms with E-state index in [1.165, 1.54) is 18.2 Å². The monoisotopic (exact) mass is 323 g/mol. The van der Waals surface area contributed by atoms with Gasteiger partial charge in [0.05, 0.1) is 17.2 Å². The van der Waals surface area contributed by atoms with Crippen LogP contribution in [0.15, 0.2) is 53.4 Å². The maximum atomic E-state index is 13.0. The minimum Gasteiger partial charge on any atom is -0.325 e. The molecule has 114 valence electrons. The maximum absolute atomic E-state index is 13.0. The summed E-state index contributed by atoms with van der Waals surface area (Å²) in [6.07, 6.45) is -4.49. The molecule has 3 rings (SSSR count). The first kappa shape index (κ1) is 15.0. The van der Waals surface area contributed by atoms with E-state index in [9.17, 15) is 18.0 Å². The first-order chi connectivity index (χ1) is 10.5. The zero-order valence-corrected chi connectivity index (χ0v) is 12.2. The largest absolute Gasteiger partial charge is 0.418 e. The molecular weight excluding hydrogens is 311 g/mol. The van der Waals surface area contributed by atoms with Crippen molar-refractivity contribution in [2.24, 2.45) is 0 Å². The highest BCUT2D eigenvalue weighted by Gasteiger charge is 2.35. The molecule has 0 saturated heterocycles. The van der Waals surface area contributed by atoms with E-state index in [2.05, 4.69) is 5.32 Å². The molecule has 0 fully saturated rings. The number of halogens is 3. The van der Waals surface area contributed by atoms with Gasteiger partial charge in [0.2, 0.25) is 5.91 Å². The van der Waals surface area contributed by atoms with E-state index in [1.807, 2.05) is 24.3 Å². The van der Waals surface area contributed by atoms with Gasteiger partial charge in [-0.25, -0.2) is 0 Å². The third-order valence-corrected chi connectivity index (χ3v) is 4.69. The summed E-state index contributed by atoms with van der Waals surface area (Å²) in [6.45, 7) is 0. The number of benzene rings is 2. The van der Waals surface area contributed by atoms with Crippen LogP contribution in [0.1, 0.15) is 17.0 Å². The van der Waals surface area contributed by atoms with Crippen LogP contribution in [0.5, 0.6) is 0 Å². The number of carbonyl (C=O) groups excluding carboxylic acids is 1. The standard InChI is InChI=1S/C16H12F3NOS/c17-16(18,19)12-6-2-3-7-13(12)20-15(21)11-9-22-14-8-4-1-5-10(11)14/h1-8,11H,9H2,(H,20,21). The summed E-state index contributed by atoms with van der Waals surface area (Å²) in [5.74, 6) is -0.295. The number of carbonyl (C=O) groups is 1. The van der Waals surface area contributed by atoms with Crippen molar-refractivity contribution in [1.82, 2.24) is 0 Å². The van der Waals surface area contributed by atoms with Gasteiger partial charge in [-0.05, 0) is 23.8 Å². The molecule has 2 nitrogen and oxygen atoms in total. The number of thioether (sulfide) groups is 1. The van der Waals surface area contributed by atoms with E-state index < -0.39 is 23.6 Å². The Morgan fingerprint density at radius 3 is 2.55 bits per heavy atom. The molecule has 1 atom stereocenters. The number of para-hydroxylation sites is 1. The Kier molecular flexibility index (Phi) is 3.87. The van der Waals surface area contributed by atoms with Crippen LogP contribution in [0.4, 0.5) is 18.9 Å². The lowest BCUT2D eigenvalue weighted by atomic mass is 10.00. The molecule has 0 radical (unpaired) electrons. The Bertz CT molecular complexity index is 715. The van der Waals surface area contributed by atoms with Crippen LogP contribution in [-0.2, 0) is 11.0 Å². The van der Waals surface area contributed by atoms with Crippen LogP contribution in [0.3, 0.4) is 0 Å². The van der Waals surface area contributed by atoms with Gasteiger partial charge in [-0.15, -0.1) is 11.8 Å². The van der Waals surface area contributed by atoms with Gasteiger partial charge in [-0.3, -0.25) is 4.79 Å². The minimum absolute atomic E-state index is 0.200. The van der Waals surface area contributed by atoms with E-state index in [0.29, 0.717) is 5.75 Å². The molecule has 1 aliphatic rings. The highest BCUT2D eigenvalue weighted by molar-refractivity contribution is 7.99. The summed E-state index contributed by atoms with van der Waals surface area (Å²) in [4.78, 5) is 13.4. The molecule has 0 saturated carbocycles. The zero-order valence-electron chi connectivity index (χ0n) is 11.4. The fourth-order valence-corrected chi connectivity index (χ4v) is 3.67. The summed E-state index contributed by atoms with van der Waals surface area (Å²) in [5, 5.41) is 2.43. The molecule has 1 heterocycles. The number of amides is 1. The first-order valence-electron chi connectivity index (χ1n) is 6.65. The number of alkyl halides is 3. The first-order valence-corrected chi connectivity index (χ1v) is 7.64. The molecule has 0 spiro atoms.